The first-order valence-corrected chi connectivity index (χ1v) is 10.7. The molecule has 11 heteroatoms. The number of non-ortho nitro benzene ring substituents is 1. The van der Waals surface area contributed by atoms with Crippen molar-refractivity contribution in [3.8, 4) is 22.8 Å². The van der Waals surface area contributed by atoms with Crippen LogP contribution in [-0.4, -0.2) is 29.9 Å². The molecule has 4 aromatic rings. The largest absolute Gasteiger partial charge is 0.338 e. The second kappa shape index (κ2) is 8.42. The smallest absolute Gasteiger partial charge is 0.269 e. The Hall–Kier alpha value is -3.73. The number of nitrogens with two attached hydrogens (primary N) is 1. The quantitative estimate of drug-likeness (QED) is 0.198. The normalized spacial score (nSPS) is 11.6. The molecule has 0 saturated heterocycles. The fraction of sp³-hybridized carbons (Fsp3) is 0.238. The van der Waals surface area contributed by atoms with Crippen LogP contribution in [0, 0.1) is 10.1 Å². The summed E-state index contributed by atoms with van der Waals surface area (Å²) < 4.78 is 6.72. The lowest BCUT2D eigenvalue weighted by atomic mass is 9.87. The summed E-state index contributed by atoms with van der Waals surface area (Å²) in [7, 11) is 0. The van der Waals surface area contributed by atoms with Gasteiger partial charge in [-0.3, -0.25) is 10.1 Å². The molecular formula is C21H21N7O3S. The Kier molecular flexibility index (Phi) is 5.66. The molecule has 2 aromatic heterocycles. The number of benzene rings is 2. The van der Waals surface area contributed by atoms with Gasteiger partial charge in [0.05, 0.1) is 10.7 Å². The van der Waals surface area contributed by atoms with E-state index in [1.807, 2.05) is 12.1 Å². The molecule has 0 unspecified atom stereocenters. The maximum atomic E-state index is 10.8. The van der Waals surface area contributed by atoms with Crippen LogP contribution in [0.2, 0.25) is 0 Å². The first-order valence-electron chi connectivity index (χ1n) is 9.74. The van der Waals surface area contributed by atoms with E-state index >= 15 is 0 Å². The first-order chi connectivity index (χ1) is 15.2. The van der Waals surface area contributed by atoms with Gasteiger partial charge in [0, 0.05) is 23.3 Å². The number of rotatable bonds is 6. The number of hydrogen-bond acceptors (Lipinski definition) is 9. The number of nitrogens with zero attached hydrogens (tertiary/aromatic N) is 6. The van der Waals surface area contributed by atoms with Gasteiger partial charge in [0.1, 0.15) is 0 Å². The Morgan fingerprint density at radius 3 is 2.34 bits per heavy atom. The molecule has 0 spiro atoms. The highest BCUT2D eigenvalue weighted by Crippen LogP contribution is 2.28. The van der Waals surface area contributed by atoms with Crippen LogP contribution < -0.4 is 5.84 Å². The van der Waals surface area contributed by atoms with Crippen molar-refractivity contribution in [3.05, 3.63) is 70.1 Å². The second-order valence-electron chi connectivity index (χ2n) is 8.11. The summed E-state index contributed by atoms with van der Waals surface area (Å²) in [5.74, 6) is 7.84. The molecular weight excluding hydrogens is 430 g/mol. The van der Waals surface area contributed by atoms with E-state index in [2.05, 4.69) is 53.2 Å². The van der Waals surface area contributed by atoms with Crippen molar-refractivity contribution in [2.24, 2.45) is 0 Å². The third-order valence-corrected chi connectivity index (χ3v) is 5.73. The van der Waals surface area contributed by atoms with E-state index in [4.69, 9.17) is 10.4 Å². The standard InChI is InChI=1S/C21H21N7O3S/c1-21(2,3)15-8-4-14(5-9-15)19-24-25-20(27(19)22)32-12-17-23-18(26-31-17)13-6-10-16(11-7-13)28(29)30/h4-11H,12,22H2,1-3H3. The fourth-order valence-electron chi connectivity index (χ4n) is 2.98. The van der Waals surface area contributed by atoms with Crippen molar-refractivity contribution in [3.63, 3.8) is 0 Å². The summed E-state index contributed by atoms with van der Waals surface area (Å²) in [5, 5.41) is 23.6. The van der Waals surface area contributed by atoms with Gasteiger partial charge in [-0.25, -0.2) is 4.68 Å². The van der Waals surface area contributed by atoms with Gasteiger partial charge in [-0.05, 0) is 23.1 Å². The number of hydrogen-bond donors (Lipinski definition) is 1. The summed E-state index contributed by atoms with van der Waals surface area (Å²) in [6, 6.07) is 14.0. The zero-order chi connectivity index (χ0) is 22.9. The molecule has 32 heavy (non-hydrogen) atoms. The van der Waals surface area contributed by atoms with Crippen molar-refractivity contribution in [2.45, 2.75) is 37.1 Å². The Labute approximate surface area is 188 Å². The molecule has 10 nitrogen and oxygen atoms in total. The highest BCUT2D eigenvalue weighted by Gasteiger charge is 2.17. The van der Waals surface area contributed by atoms with E-state index in [1.54, 1.807) is 12.1 Å². The van der Waals surface area contributed by atoms with Gasteiger partial charge >= 0.3 is 0 Å². The molecule has 0 atom stereocenters. The van der Waals surface area contributed by atoms with Crippen LogP contribution in [0.4, 0.5) is 5.69 Å². The van der Waals surface area contributed by atoms with Crippen LogP contribution in [0.5, 0.6) is 0 Å². The Morgan fingerprint density at radius 1 is 1.06 bits per heavy atom. The maximum absolute atomic E-state index is 10.8. The summed E-state index contributed by atoms with van der Waals surface area (Å²) in [6.07, 6.45) is 0. The topological polar surface area (TPSA) is 139 Å². The van der Waals surface area contributed by atoms with Crippen LogP contribution in [0.3, 0.4) is 0 Å². The lowest BCUT2D eigenvalue weighted by Gasteiger charge is -2.19. The zero-order valence-electron chi connectivity index (χ0n) is 17.7. The van der Waals surface area contributed by atoms with E-state index in [9.17, 15) is 10.1 Å². The van der Waals surface area contributed by atoms with Gasteiger partial charge in [0.25, 0.3) is 5.69 Å². The Bertz CT molecular complexity index is 1240. The maximum Gasteiger partial charge on any atom is 0.269 e. The third-order valence-electron chi connectivity index (χ3n) is 4.80. The predicted octanol–water partition coefficient (Wildman–Crippen LogP) is 4.21. The first kappa shape index (κ1) is 21.5. The minimum absolute atomic E-state index is 0.000781. The summed E-state index contributed by atoms with van der Waals surface area (Å²) >= 11 is 1.32. The van der Waals surface area contributed by atoms with Crippen LogP contribution in [-0.2, 0) is 11.2 Å². The highest BCUT2D eigenvalue weighted by atomic mass is 32.2. The minimum atomic E-state index is -0.460. The SMILES string of the molecule is CC(C)(C)c1ccc(-c2nnc(SCc3nc(-c4ccc([N+](=O)[O-])cc4)no3)n2N)cc1. The van der Waals surface area contributed by atoms with Crippen LogP contribution in [0.25, 0.3) is 22.8 Å². The van der Waals surface area contributed by atoms with Crippen molar-refractivity contribution in [2.75, 3.05) is 5.84 Å². The van der Waals surface area contributed by atoms with E-state index in [0.29, 0.717) is 34.0 Å². The van der Waals surface area contributed by atoms with Gasteiger partial charge < -0.3 is 10.4 Å². The average Bonchev–Trinajstić information content (AvgIpc) is 3.38. The summed E-state index contributed by atoms with van der Waals surface area (Å²) in [5.41, 5.74) is 2.78. The lowest BCUT2D eigenvalue weighted by Crippen LogP contribution is -2.12. The molecule has 164 valence electrons. The van der Waals surface area contributed by atoms with E-state index in [-0.39, 0.29) is 11.1 Å². The molecule has 4 rings (SSSR count). The predicted molar refractivity (Wildman–Crippen MR) is 120 cm³/mol. The van der Waals surface area contributed by atoms with Gasteiger partial charge in [0.2, 0.25) is 16.9 Å². The molecule has 0 fully saturated rings. The van der Waals surface area contributed by atoms with Gasteiger partial charge in [-0.1, -0.05) is 62.0 Å². The highest BCUT2D eigenvalue weighted by molar-refractivity contribution is 7.98. The second-order valence-corrected chi connectivity index (χ2v) is 9.05. The Morgan fingerprint density at radius 2 is 1.72 bits per heavy atom. The third kappa shape index (κ3) is 4.47. The molecule has 0 aliphatic rings. The number of nitro groups is 1. The molecule has 0 aliphatic carbocycles. The lowest BCUT2D eigenvalue weighted by molar-refractivity contribution is -0.384. The fourth-order valence-corrected chi connectivity index (χ4v) is 3.67. The van der Waals surface area contributed by atoms with Crippen molar-refractivity contribution in [1.29, 1.82) is 0 Å². The molecule has 0 amide bonds. The molecule has 0 aliphatic heterocycles. The van der Waals surface area contributed by atoms with Crippen LogP contribution in [0.1, 0.15) is 32.2 Å². The van der Waals surface area contributed by atoms with E-state index < -0.39 is 4.92 Å². The molecule has 2 heterocycles. The van der Waals surface area contributed by atoms with E-state index in [0.717, 1.165) is 5.56 Å². The van der Waals surface area contributed by atoms with Gasteiger partial charge in [-0.15, -0.1) is 10.2 Å². The number of thioether (sulfide) groups is 1. The number of aromatic nitrogens is 5. The van der Waals surface area contributed by atoms with Crippen molar-refractivity contribution in [1.82, 2.24) is 25.0 Å². The summed E-state index contributed by atoms with van der Waals surface area (Å²) in [6.45, 7) is 6.48. The van der Waals surface area contributed by atoms with Gasteiger partial charge in [-0.2, -0.15) is 4.98 Å². The Balaban J connectivity index is 1.44. The van der Waals surface area contributed by atoms with Crippen LogP contribution >= 0.6 is 11.8 Å². The number of nitrogen functional groups attached to an aromatic ring is 1. The monoisotopic (exact) mass is 451 g/mol. The molecule has 2 aromatic carbocycles. The van der Waals surface area contributed by atoms with Gasteiger partial charge in [0.15, 0.2) is 5.82 Å². The average molecular weight is 452 g/mol. The minimum Gasteiger partial charge on any atom is -0.338 e. The molecule has 0 bridgehead atoms. The van der Waals surface area contributed by atoms with Crippen molar-refractivity contribution >= 4 is 17.4 Å². The molecule has 2 N–H and O–H groups in total. The molecule has 0 saturated carbocycles. The molecule has 0 radical (unpaired) electrons. The number of nitro benzene ring substituents is 1. The van der Waals surface area contributed by atoms with Crippen LogP contribution in [0.15, 0.2) is 58.2 Å². The van der Waals surface area contributed by atoms with Crippen molar-refractivity contribution < 1.29 is 9.45 Å². The van der Waals surface area contributed by atoms with E-state index in [1.165, 1.54) is 34.1 Å². The summed E-state index contributed by atoms with van der Waals surface area (Å²) in [4.78, 5) is 14.6. The zero-order valence-corrected chi connectivity index (χ0v) is 18.5.